The fourth-order valence-corrected chi connectivity index (χ4v) is 5.20. The van der Waals surface area contributed by atoms with Gasteiger partial charge in [0.15, 0.2) is 0 Å². The van der Waals surface area contributed by atoms with Crippen LogP contribution in [0.4, 0.5) is 0 Å². The van der Waals surface area contributed by atoms with Crippen molar-refractivity contribution >= 4 is 16.8 Å². The lowest BCUT2D eigenvalue weighted by Gasteiger charge is -2.25. The molecule has 5 rings (SSSR count). The highest BCUT2D eigenvalue weighted by Gasteiger charge is 2.52. The molecule has 0 unspecified atom stereocenters. The van der Waals surface area contributed by atoms with E-state index in [9.17, 15) is 4.79 Å². The third-order valence-electron chi connectivity index (χ3n) is 6.55. The molecule has 1 amide bonds. The van der Waals surface area contributed by atoms with Crippen LogP contribution in [-0.4, -0.2) is 52.6 Å². The van der Waals surface area contributed by atoms with E-state index in [1.807, 2.05) is 23.1 Å². The molecule has 5 heteroatoms. The van der Waals surface area contributed by atoms with Gasteiger partial charge in [0, 0.05) is 63.4 Å². The monoisotopic (exact) mass is 389 g/mol. The molecule has 2 aromatic carbocycles. The SMILES string of the molecule is CO[C@@H]1C(=O)N(Cc2ccccc2)[C@@H]2CN(Cc3cn(C)c4ccccc34)C[C@H]12. The average molecular weight is 389 g/mol. The van der Waals surface area contributed by atoms with E-state index in [4.69, 9.17) is 4.74 Å². The van der Waals surface area contributed by atoms with Gasteiger partial charge in [0.2, 0.25) is 0 Å². The predicted octanol–water partition coefficient (Wildman–Crippen LogP) is 3.04. The van der Waals surface area contributed by atoms with Gasteiger partial charge in [-0.15, -0.1) is 0 Å². The maximum atomic E-state index is 13.0. The van der Waals surface area contributed by atoms with Crippen LogP contribution < -0.4 is 0 Å². The van der Waals surface area contributed by atoms with Crippen LogP contribution in [0.1, 0.15) is 11.1 Å². The fourth-order valence-electron chi connectivity index (χ4n) is 5.20. The molecule has 150 valence electrons. The van der Waals surface area contributed by atoms with Crippen LogP contribution in [0, 0.1) is 5.92 Å². The first kappa shape index (κ1) is 18.4. The number of aryl methyl sites for hydroxylation is 1. The third-order valence-corrected chi connectivity index (χ3v) is 6.55. The fraction of sp³-hybridized carbons (Fsp3) is 0.375. The summed E-state index contributed by atoms with van der Waals surface area (Å²) in [4.78, 5) is 17.5. The molecule has 0 radical (unpaired) electrons. The zero-order valence-corrected chi connectivity index (χ0v) is 17.0. The van der Waals surface area contributed by atoms with Gasteiger partial charge in [-0.05, 0) is 17.2 Å². The van der Waals surface area contributed by atoms with Crippen molar-refractivity contribution in [3.05, 3.63) is 71.9 Å². The Hall–Kier alpha value is -2.63. The van der Waals surface area contributed by atoms with Crippen LogP contribution in [0.25, 0.3) is 10.9 Å². The molecule has 3 heterocycles. The van der Waals surface area contributed by atoms with Gasteiger partial charge in [-0.3, -0.25) is 9.69 Å². The predicted molar refractivity (Wildman–Crippen MR) is 113 cm³/mol. The summed E-state index contributed by atoms with van der Waals surface area (Å²) < 4.78 is 7.86. The summed E-state index contributed by atoms with van der Waals surface area (Å²) in [6.45, 7) is 3.34. The minimum atomic E-state index is -0.332. The van der Waals surface area contributed by atoms with E-state index in [0.717, 1.165) is 19.6 Å². The van der Waals surface area contributed by atoms with Gasteiger partial charge in [-0.25, -0.2) is 0 Å². The zero-order chi connectivity index (χ0) is 20.0. The molecule has 0 bridgehead atoms. The molecule has 1 aromatic heterocycles. The van der Waals surface area contributed by atoms with Crippen molar-refractivity contribution in [3.63, 3.8) is 0 Å². The Morgan fingerprint density at radius 2 is 1.76 bits per heavy atom. The molecule has 0 saturated carbocycles. The molecule has 0 aliphatic carbocycles. The highest BCUT2D eigenvalue weighted by atomic mass is 16.5. The maximum absolute atomic E-state index is 13.0. The first-order valence-electron chi connectivity index (χ1n) is 10.3. The molecule has 3 atom stereocenters. The number of amides is 1. The zero-order valence-electron chi connectivity index (χ0n) is 17.0. The number of rotatable bonds is 5. The summed E-state index contributed by atoms with van der Waals surface area (Å²) in [5.41, 5.74) is 3.78. The number of hydrogen-bond donors (Lipinski definition) is 0. The second kappa shape index (κ2) is 7.32. The van der Waals surface area contributed by atoms with E-state index >= 15 is 0 Å². The smallest absolute Gasteiger partial charge is 0.252 e. The molecular weight excluding hydrogens is 362 g/mol. The number of para-hydroxylation sites is 1. The van der Waals surface area contributed by atoms with Crippen LogP contribution in [0.2, 0.25) is 0 Å². The van der Waals surface area contributed by atoms with E-state index in [0.29, 0.717) is 6.54 Å². The molecule has 0 spiro atoms. The number of likely N-dealkylation sites (tertiary alicyclic amines) is 2. The number of carbonyl (C=O) groups excluding carboxylic acids is 1. The minimum Gasteiger partial charge on any atom is -0.371 e. The molecule has 29 heavy (non-hydrogen) atoms. The van der Waals surface area contributed by atoms with Gasteiger partial charge in [0.05, 0.1) is 6.04 Å². The van der Waals surface area contributed by atoms with E-state index in [1.165, 1.54) is 22.0 Å². The number of benzene rings is 2. The first-order valence-corrected chi connectivity index (χ1v) is 10.3. The van der Waals surface area contributed by atoms with Gasteiger partial charge < -0.3 is 14.2 Å². The van der Waals surface area contributed by atoms with Crippen molar-refractivity contribution < 1.29 is 9.53 Å². The van der Waals surface area contributed by atoms with Crippen LogP contribution in [0.3, 0.4) is 0 Å². The molecule has 2 aliphatic rings. The van der Waals surface area contributed by atoms with Gasteiger partial charge in [0.1, 0.15) is 6.10 Å². The van der Waals surface area contributed by atoms with Crippen molar-refractivity contribution in [2.24, 2.45) is 13.0 Å². The van der Waals surface area contributed by atoms with E-state index in [1.54, 1.807) is 7.11 Å². The second-order valence-electron chi connectivity index (χ2n) is 8.32. The summed E-state index contributed by atoms with van der Waals surface area (Å²) in [5.74, 6) is 0.363. The van der Waals surface area contributed by atoms with Gasteiger partial charge in [0.25, 0.3) is 5.91 Å². The van der Waals surface area contributed by atoms with Crippen molar-refractivity contribution in [1.82, 2.24) is 14.4 Å². The van der Waals surface area contributed by atoms with Gasteiger partial charge in [-0.2, -0.15) is 0 Å². The van der Waals surface area contributed by atoms with E-state index in [2.05, 4.69) is 59.1 Å². The van der Waals surface area contributed by atoms with Crippen molar-refractivity contribution in [2.75, 3.05) is 20.2 Å². The highest BCUT2D eigenvalue weighted by molar-refractivity contribution is 5.85. The summed E-state index contributed by atoms with van der Waals surface area (Å²) in [6, 6.07) is 19.0. The molecular formula is C24H27N3O2. The number of carbonyl (C=O) groups is 1. The molecule has 2 saturated heterocycles. The molecule has 0 N–H and O–H groups in total. The first-order chi connectivity index (χ1) is 14.2. The minimum absolute atomic E-state index is 0.135. The Kier molecular flexibility index (Phi) is 4.64. The van der Waals surface area contributed by atoms with Gasteiger partial charge >= 0.3 is 0 Å². The number of hydrogen-bond acceptors (Lipinski definition) is 3. The lowest BCUT2D eigenvalue weighted by Crippen LogP contribution is -2.38. The quantitative estimate of drug-likeness (QED) is 0.673. The Morgan fingerprint density at radius 1 is 1.00 bits per heavy atom. The van der Waals surface area contributed by atoms with Crippen LogP contribution >= 0.6 is 0 Å². The summed E-state index contributed by atoms with van der Waals surface area (Å²) in [7, 11) is 3.77. The Labute approximate surface area is 171 Å². The summed E-state index contributed by atoms with van der Waals surface area (Å²) >= 11 is 0. The third kappa shape index (κ3) is 3.15. The number of aromatic nitrogens is 1. The Morgan fingerprint density at radius 3 is 2.55 bits per heavy atom. The normalized spacial score (nSPS) is 24.6. The largest absolute Gasteiger partial charge is 0.371 e. The van der Waals surface area contributed by atoms with E-state index in [-0.39, 0.29) is 24.0 Å². The number of fused-ring (bicyclic) bond motifs is 2. The second-order valence-corrected chi connectivity index (χ2v) is 8.32. The molecule has 3 aromatic rings. The molecule has 5 nitrogen and oxygen atoms in total. The average Bonchev–Trinajstić information content (AvgIpc) is 3.36. The standard InChI is InChI=1S/C24H27N3O2/c1-25-13-18(19-10-6-7-11-21(19)25)14-26-15-20-22(16-26)27(24(28)23(20)29-2)12-17-8-4-3-5-9-17/h3-11,13,20,22-23H,12,14-16H2,1-2H3/t20-,22+,23-/m0/s1. The van der Waals surface area contributed by atoms with Crippen molar-refractivity contribution in [2.45, 2.75) is 25.2 Å². The van der Waals surface area contributed by atoms with Crippen molar-refractivity contribution in [1.29, 1.82) is 0 Å². The van der Waals surface area contributed by atoms with Gasteiger partial charge in [-0.1, -0.05) is 48.5 Å². The van der Waals surface area contributed by atoms with E-state index < -0.39 is 0 Å². The van der Waals surface area contributed by atoms with Crippen molar-refractivity contribution in [3.8, 4) is 0 Å². The van der Waals surface area contributed by atoms with Crippen LogP contribution in [0.5, 0.6) is 0 Å². The summed E-state index contributed by atoms with van der Waals surface area (Å²) in [5, 5.41) is 1.31. The lowest BCUT2D eigenvalue weighted by atomic mass is 10.0. The molecule has 2 fully saturated rings. The lowest BCUT2D eigenvalue weighted by molar-refractivity contribution is -0.138. The van der Waals surface area contributed by atoms with Crippen LogP contribution in [0.15, 0.2) is 60.8 Å². The number of nitrogens with zero attached hydrogens (tertiary/aromatic N) is 3. The number of methoxy groups -OCH3 is 1. The Bertz CT molecular complexity index is 1030. The number of ether oxygens (including phenoxy) is 1. The highest BCUT2D eigenvalue weighted by Crippen LogP contribution is 2.36. The van der Waals surface area contributed by atoms with Crippen LogP contribution in [-0.2, 0) is 29.7 Å². The maximum Gasteiger partial charge on any atom is 0.252 e. The summed E-state index contributed by atoms with van der Waals surface area (Å²) in [6.07, 6.45) is 1.90. The Balaban J connectivity index is 1.37. The molecule has 2 aliphatic heterocycles. The topological polar surface area (TPSA) is 37.7 Å².